The zero-order valence-corrected chi connectivity index (χ0v) is 12.2. The predicted molar refractivity (Wildman–Crippen MR) is 78.6 cm³/mol. The Kier molecular flexibility index (Phi) is 6.18. The third-order valence-corrected chi connectivity index (χ3v) is 2.92. The van der Waals surface area contributed by atoms with Gasteiger partial charge in [-0.05, 0) is 38.8 Å². The highest BCUT2D eigenvalue weighted by molar-refractivity contribution is 6.01. The highest BCUT2D eigenvalue weighted by Gasteiger charge is 2.14. The summed E-state index contributed by atoms with van der Waals surface area (Å²) in [4.78, 5) is 23.5. The maximum Gasteiger partial charge on any atom is 0.339 e. The molecule has 0 aliphatic rings. The Morgan fingerprint density at radius 1 is 1.40 bits per heavy atom. The van der Waals surface area contributed by atoms with Crippen LogP contribution in [0.3, 0.4) is 0 Å². The Labute approximate surface area is 119 Å². The summed E-state index contributed by atoms with van der Waals surface area (Å²) in [6, 6.07) is 5.34. The molecular formula is C15H22N2O3. The van der Waals surface area contributed by atoms with Crippen LogP contribution >= 0.6 is 0 Å². The van der Waals surface area contributed by atoms with Crippen molar-refractivity contribution in [2.45, 2.75) is 39.2 Å². The van der Waals surface area contributed by atoms with Crippen LogP contribution in [0.5, 0.6) is 0 Å². The summed E-state index contributed by atoms with van der Waals surface area (Å²) in [6.07, 6.45) is 1.91. The number of amides is 1. The van der Waals surface area contributed by atoms with Gasteiger partial charge in [-0.1, -0.05) is 11.6 Å². The molecule has 5 heteroatoms. The average Bonchev–Trinajstić information content (AvgIpc) is 2.39. The van der Waals surface area contributed by atoms with Crippen molar-refractivity contribution >= 4 is 17.6 Å². The molecule has 0 bridgehead atoms. The Hall–Kier alpha value is -1.88. The van der Waals surface area contributed by atoms with Crippen molar-refractivity contribution in [3.63, 3.8) is 0 Å². The van der Waals surface area contributed by atoms with E-state index >= 15 is 0 Å². The summed E-state index contributed by atoms with van der Waals surface area (Å²) in [6.45, 7) is 3.79. The first kappa shape index (κ1) is 16.2. The lowest BCUT2D eigenvalue weighted by Gasteiger charge is -2.11. The zero-order chi connectivity index (χ0) is 15.1. The van der Waals surface area contributed by atoms with Gasteiger partial charge in [0.1, 0.15) is 0 Å². The van der Waals surface area contributed by atoms with Gasteiger partial charge in [-0.25, -0.2) is 4.79 Å². The fraction of sp³-hybridized carbons (Fsp3) is 0.467. The van der Waals surface area contributed by atoms with E-state index in [9.17, 15) is 9.59 Å². The number of hydrogen-bond acceptors (Lipinski definition) is 4. The molecule has 1 atom stereocenters. The molecule has 0 aliphatic heterocycles. The number of carbonyl (C=O) groups excluding carboxylic acids is 2. The fourth-order valence-corrected chi connectivity index (χ4v) is 1.84. The van der Waals surface area contributed by atoms with Gasteiger partial charge < -0.3 is 15.8 Å². The fourth-order valence-electron chi connectivity index (χ4n) is 1.84. The molecule has 0 fully saturated rings. The lowest BCUT2D eigenvalue weighted by atomic mass is 10.1. The molecule has 0 saturated carbocycles. The van der Waals surface area contributed by atoms with Crippen LogP contribution in [0.1, 0.15) is 42.1 Å². The summed E-state index contributed by atoms with van der Waals surface area (Å²) < 4.78 is 4.72. The minimum atomic E-state index is -0.459. The van der Waals surface area contributed by atoms with Gasteiger partial charge in [0.15, 0.2) is 0 Å². The number of methoxy groups -OCH3 is 1. The molecule has 3 N–H and O–H groups in total. The first-order chi connectivity index (χ1) is 9.43. The number of carbonyl (C=O) groups is 2. The largest absolute Gasteiger partial charge is 0.465 e. The number of nitrogens with two attached hydrogens (primary N) is 1. The maximum absolute atomic E-state index is 11.8. The number of nitrogens with one attached hydrogen (secondary N) is 1. The molecule has 0 spiro atoms. The second-order valence-corrected chi connectivity index (χ2v) is 4.96. The van der Waals surface area contributed by atoms with Crippen molar-refractivity contribution in [1.82, 2.24) is 0 Å². The van der Waals surface area contributed by atoms with Crippen molar-refractivity contribution in [2.75, 3.05) is 12.4 Å². The molecule has 0 heterocycles. The van der Waals surface area contributed by atoms with Crippen LogP contribution in [-0.2, 0) is 9.53 Å². The van der Waals surface area contributed by atoms with E-state index in [0.29, 0.717) is 17.7 Å². The quantitative estimate of drug-likeness (QED) is 0.782. The molecular weight excluding hydrogens is 256 g/mol. The zero-order valence-electron chi connectivity index (χ0n) is 12.2. The van der Waals surface area contributed by atoms with Crippen LogP contribution in [0.25, 0.3) is 0 Å². The first-order valence-electron chi connectivity index (χ1n) is 6.68. The second kappa shape index (κ2) is 7.65. The number of rotatable bonds is 6. The SMILES string of the molecule is COC(=O)c1cc(C)ccc1NC(=O)CCCC(C)N. The van der Waals surface area contributed by atoms with Gasteiger partial charge in [-0.15, -0.1) is 0 Å². The number of aryl methyl sites for hydroxylation is 1. The van der Waals surface area contributed by atoms with E-state index in [4.69, 9.17) is 10.5 Å². The molecule has 0 aliphatic carbocycles. The lowest BCUT2D eigenvalue weighted by molar-refractivity contribution is -0.116. The molecule has 1 amide bonds. The van der Waals surface area contributed by atoms with E-state index in [0.717, 1.165) is 18.4 Å². The summed E-state index contributed by atoms with van der Waals surface area (Å²) in [5.41, 5.74) is 7.42. The van der Waals surface area contributed by atoms with Gasteiger partial charge in [-0.3, -0.25) is 4.79 Å². The topological polar surface area (TPSA) is 81.4 Å². The second-order valence-electron chi connectivity index (χ2n) is 4.96. The van der Waals surface area contributed by atoms with Gasteiger partial charge >= 0.3 is 5.97 Å². The van der Waals surface area contributed by atoms with Crippen molar-refractivity contribution < 1.29 is 14.3 Å². The normalized spacial score (nSPS) is 11.8. The van der Waals surface area contributed by atoms with Gasteiger partial charge in [0.2, 0.25) is 5.91 Å². The minimum absolute atomic E-state index is 0.0906. The predicted octanol–water partition coefficient (Wildman–Crippen LogP) is 2.24. The summed E-state index contributed by atoms with van der Waals surface area (Å²) in [7, 11) is 1.32. The number of hydrogen-bond donors (Lipinski definition) is 2. The summed E-state index contributed by atoms with van der Waals surface area (Å²) in [5.74, 6) is -0.584. The van der Waals surface area contributed by atoms with E-state index < -0.39 is 5.97 Å². The van der Waals surface area contributed by atoms with Crippen molar-refractivity contribution in [2.24, 2.45) is 5.73 Å². The van der Waals surface area contributed by atoms with E-state index in [1.54, 1.807) is 12.1 Å². The molecule has 0 saturated heterocycles. The Morgan fingerprint density at radius 3 is 2.70 bits per heavy atom. The lowest BCUT2D eigenvalue weighted by Crippen LogP contribution is -2.18. The molecule has 110 valence electrons. The van der Waals surface area contributed by atoms with Crippen LogP contribution in [0, 0.1) is 6.92 Å². The summed E-state index contributed by atoms with van der Waals surface area (Å²) in [5, 5.41) is 2.75. The third kappa shape index (κ3) is 5.01. The molecule has 1 aromatic carbocycles. The van der Waals surface area contributed by atoms with E-state index in [-0.39, 0.29) is 11.9 Å². The standard InChI is InChI=1S/C15H22N2O3/c1-10-7-8-13(12(9-10)15(19)20-3)17-14(18)6-4-5-11(2)16/h7-9,11H,4-6,16H2,1-3H3,(H,17,18). The van der Waals surface area contributed by atoms with E-state index in [1.807, 2.05) is 19.9 Å². The smallest absolute Gasteiger partial charge is 0.339 e. The third-order valence-electron chi connectivity index (χ3n) is 2.92. The Balaban J connectivity index is 2.71. The van der Waals surface area contributed by atoms with Crippen LogP contribution < -0.4 is 11.1 Å². The molecule has 0 radical (unpaired) electrons. The Bertz CT molecular complexity index is 484. The van der Waals surface area contributed by atoms with Crippen molar-refractivity contribution in [3.05, 3.63) is 29.3 Å². The summed E-state index contributed by atoms with van der Waals surface area (Å²) >= 11 is 0. The highest BCUT2D eigenvalue weighted by atomic mass is 16.5. The van der Waals surface area contributed by atoms with Gasteiger partial charge in [0.25, 0.3) is 0 Å². The van der Waals surface area contributed by atoms with Gasteiger partial charge in [0.05, 0.1) is 18.4 Å². The molecule has 0 aromatic heterocycles. The monoisotopic (exact) mass is 278 g/mol. The number of ether oxygens (including phenoxy) is 1. The van der Waals surface area contributed by atoms with Crippen molar-refractivity contribution in [3.8, 4) is 0 Å². The van der Waals surface area contributed by atoms with Crippen LogP contribution in [0.15, 0.2) is 18.2 Å². The number of esters is 1. The highest BCUT2D eigenvalue weighted by Crippen LogP contribution is 2.19. The maximum atomic E-state index is 11.8. The van der Waals surface area contributed by atoms with Gasteiger partial charge in [0, 0.05) is 12.5 Å². The Morgan fingerprint density at radius 2 is 2.10 bits per heavy atom. The average molecular weight is 278 g/mol. The molecule has 20 heavy (non-hydrogen) atoms. The van der Waals surface area contributed by atoms with E-state index in [2.05, 4.69) is 5.32 Å². The molecule has 1 rings (SSSR count). The molecule has 5 nitrogen and oxygen atoms in total. The first-order valence-corrected chi connectivity index (χ1v) is 6.68. The van der Waals surface area contributed by atoms with Crippen LogP contribution in [-0.4, -0.2) is 25.0 Å². The van der Waals surface area contributed by atoms with Gasteiger partial charge in [-0.2, -0.15) is 0 Å². The number of benzene rings is 1. The van der Waals surface area contributed by atoms with Crippen molar-refractivity contribution in [1.29, 1.82) is 0 Å². The van der Waals surface area contributed by atoms with E-state index in [1.165, 1.54) is 7.11 Å². The minimum Gasteiger partial charge on any atom is -0.465 e. The molecule has 1 unspecified atom stereocenters. The number of anilines is 1. The molecule has 1 aromatic rings. The van der Waals surface area contributed by atoms with Crippen LogP contribution in [0.4, 0.5) is 5.69 Å². The van der Waals surface area contributed by atoms with Crippen LogP contribution in [0.2, 0.25) is 0 Å².